The Morgan fingerprint density at radius 1 is 1.48 bits per heavy atom. The molecule has 1 aromatic rings. The highest BCUT2D eigenvalue weighted by molar-refractivity contribution is 9.10. The maximum atomic E-state index is 13.6. The van der Waals surface area contributed by atoms with Gasteiger partial charge in [0, 0.05) is 17.6 Å². The molecule has 5 nitrogen and oxygen atoms in total. The minimum Gasteiger partial charge on any atom is -0.481 e. The Balaban J connectivity index is 1.87. The van der Waals surface area contributed by atoms with Crippen LogP contribution in [0.4, 0.5) is 4.39 Å². The highest BCUT2D eigenvalue weighted by atomic mass is 79.9. The smallest absolute Gasteiger partial charge is 0.310 e. The van der Waals surface area contributed by atoms with E-state index in [1.165, 1.54) is 24.1 Å². The first-order valence-corrected chi connectivity index (χ1v) is 7.24. The lowest BCUT2D eigenvalue weighted by Crippen LogP contribution is -2.34. The molecule has 1 fully saturated rings. The fourth-order valence-electron chi connectivity index (χ4n) is 2.17. The zero-order valence-corrected chi connectivity index (χ0v) is 13.1. The monoisotopic (exact) mass is 359 g/mol. The van der Waals surface area contributed by atoms with Gasteiger partial charge in [0.15, 0.2) is 18.2 Å². The van der Waals surface area contributed by atoms with Gasteiger partial charge in [-0.15, -0.1) is 0 Å². The molecular weight excluding hydrogens is 345 g/mol. The number of hydrogen-bond donors (Lipinski definition) is 0. The van der Waals surface area contributed by atoms with Gasteiger partial charge in [0.2, 0.25) is 0 Å². The molecule has 1 aromatic carbocycles. The van der Waals surface area contributed by atoms with Crippen molar-refractivity contribution < 1.29 is 23.5 Å². The summed E-state index contributed by atoms with van der Waals surface area (Å²) in [6, 6.07) is 4.35. The van der Waals surface area contributed by atoms with E-state index < -0.39 is 5.82 Å². The summed E-state index contributed by atoms with van der Waals surface area (Å²) in [6.07, 6.45) is 0.574. The van der Waals surface area contributed by atoms with Crippen LogP contribution in [0.1, 0.15) is 6.42 Å². The van der Waals surface area contributed by atoms with Crippen LogP contribution in [0.5, 0.6) is 5.75 Å². The van der Waals surface area contributed by atoms with Crippen LogP contribution in [0.3, 0.4) is 0 Å². The van der Waals surface area contributed by atoms with Gasteiger partial charge in [0.05, 0.1) is 13.0 Å². The van der Waals surface area contributed by atoms with E-state index in [0.717, 1.165) is 0 Å². The number of benzene rings is 1. The Labute approximate surface area is 130 Å². The van der Waals surface area contributed by atoms with Crippen molar-refractivity contribution in [2.75, 3.05) is 26.8 Å². The second-order valence-corrected chi connectivity index (χ2v) is 5.63. The number of nitrogens with zero attached hydrogens (tertiary/aromatic N) is 1. The van der Waals surface area contributed by atoms with Gasteiger partial charge >= 0.3 is 5.97 Å². The largest absolute Gasteiger partial charge is 0.481 e. The van der Waals surface area contributed by atoms with Crippen LogP contribution in [-0.2, 0) is 14.3 Å². The van der Waals surface area contributed by atoms with E-state index in [0.29, 0.717) is 24.0 Å². The van der Waals surface area contributed by atoms with Crippen molar-refractivity contribution in [1.82, 2.24) is 4.90 Å². The third-order valence-electron chi connectivity index (χ3n) is 3.32. The normalized spacial score (nSPS) is 17.7. The lowest BCUT2D eigenvalue weighted by molar-refractivity contribution is -0.145. The molecule has 1 aliphatic rings. The van der Waals surface area contributed by atoms with Crippen molar-refractivity contribution in [3.63, 3.8) is 0 Å². The third-order valence-corrected chi connectivity index (χ3v) is 3.81. The standard InChI is InChI=1S/C14H15BrFNO4/c1-20-14(19)9-4-5-17(7-9)13(18)8-21-12-3-2-10(15)6-11(12)16/h2-3,6,9H,4-5,7-8H2,1H3. The van der Waals surface area contributed by atoms with Crippen LogP contribution >= 0.6 is 15.9 Å². The van der Waals surface area contributed by atoms with Gasteiger partial charge in [-0.2, -0.15) is 0 Å². The van der Waals surface area contributed by atoms with E-state index in [1.54, 1.807) is 6.07 Å². The summed E-state index contributed by atoms with van der Waals surface area (Å²) in [5, 5.41) is 0. The van der Waals surface area contributed by atoms with Crippen LogP contribution in [0, 0.1) is 11.7 Å². The minimum atomic E-state index is -0.536. The molecule has 114 valence electrons. The van der Waals surface area contributed by atoms with E-state index in [9.17, 15) is 14.0 Å². The number of likely N-dealkylation sites (tertiary alicyclic amines) is 1. The summed E-state index contributed by atoms with van der Waals surface area (Å²) in [5.41, 5.74) is 0. The molecule has 0 saturated carbocycles. The van der Waals surface area contributed by atoms with E-state index in [2.05, 4.69) is 20.7 Å². The van der Waals surface area contributed by atoms with Gasteiger partial charge in [-0.1, -0.05) is 15.9 Å². The fourth-order valence-corrected chi connectivity index (χ4v) is 2.50. The van der Waals surface area contributed by atoms with Crippen LogP contribution < -0.4 is 4.74 Å². The second-order valence-electron chi connectivity index (χ2n) is 4.71. The van der Waals surface area contributed by atoms with Crippen LogP contribution in [0.15, 0.2) is 22.7 Å². The highest BCUT2D eigenvalue weighted by Gasteiger charge is 2.31. The molecule has 1 aliphatic heterocycles. The molecule has 0 bridgehead atoms. The number of hydrogen-bond acceptors (Lipinski definition) is 4. The molecule has 1 atom stereocenters. The molecule has 1 unspecified atom stereocenters. The predicted octanol–water partition coefficient (Wildman–Crippen LogP) is 1.99. The van der Waals surface area contributed by atoms with Gasteiger partial charge < -0.3 is 14.4 Å². The first-order chi connectivity index (χ1) is 10.0. The Kier molecular flexibility index (Phi) is 5.17. The van der Waals surface area contributed by atoms with Gasteiger partial charge in [-0.05, 0) is 24.6 Å². The number of esters is 1. The maximum absolute atomic E-state index is 13.6. The van der Waals surface area contributed by atoms with E-state index in [1.807, 2.05) is 0 Å². The summed E-state index contributed by atoms with van der Waals surface area (Å²) < 4.78 is 24.0. The molecule has 0 aliphatic carbocycles. The number of ether oxygens (including phenoxy) is 2. The van der Waals surface area contributed by atoms with Crippen LogP contribution in [0.2, 0.25) is 0 Å². The highest BCUT2D eigenvalue weighted by Crippen LogP contribution is 2.22. The van der Waals surface area contributed by atoms with Crippen molar-refractivity contribution in [3.8, 4) is 5.75 Å². The zero-order chi connectivity index (χ0) is 15.4. The topological polar surface area (TPSA) is 55.8 Å². The number of rotatable bonds is 4. The fraction of sp³-hybridized carbons (Fsp3) is 0.429. The lowest BCUT2D eigenvalue weighted by Gasteiger charge is -2.16. The summed E-state index contributed by atoms with van der Waals surface area (Å²) in [4.78, 5) is 24.9. The quantitative estimate of drug-likeness (QED) is 0.771. The van der Waals surface area contributed by atoms with Gasteiger partial charge in [-0.3, -0.25) is 9.59 Å². The van der Waals surface area contributed by atoms with Gasteiger partial charge in [0.25, 0.3) is 5.91 Å². The average Bonchev–Trinajstić information content (AvgIpc) is 2.95. The van der Waals surface area contributed by atoms with Crippen molar-refractivity contribution in [2.24, 2.45) is 5.92 Å². The molecular formula is C14H15BrFNO4. The molecule has 1 amide bonds. The molecule has 21 heavy (non-hydrogen) atoms. The zero-order valence-electron chi connectivity index (χ0n) is 11.5. The summed E-state index contributed by atoms with van der Waals surface area (Å²) in [7, 11) is 1.33. The van der Waals surface area contributed by atoms with E-state index in [4.69, 9.17) is 4.74 Å². The number of carbonyl (C=O) groups is 2. The second kappa shape index (κ2) is 6.89. The number of carbonyl (C=O) groups excluding carboxylic acids is 2. The Bertz CT molecular complexity index is 552. The van der Waals surface area contributed by atoms with E-state index in [-0.39, 0.29) is 30.2 Å². The third kappa shape index (κ3) is 3.93. The molecule has 0 radical (unpaired) electrons. The van der Waals surface area contributed by atoms with Crippen molar-refractivity contribution in [3.05, 3.63) is 28.5 Å². The Morgan fingerprint density at radius 3 is 2.90 bits per heavy atom. The molecule has 0 spiro atoms. The number of amides is 1. The van der Waals surface area contributed by atoms with Crippen molar-refractivity contribution in [2.45, 2.75) is 6.42 Å². The van der Waals surface area contributed by atoms with Crippen molar-refractivity contribution in [1.29, 1.82) is 0 Å². The number of halogens is 2. The van der Waals surface area contributed by atoms with Gasteiger partial charge in [-0.25, -0.2) is 4.39 Å². The van der Waals surface area contributed by atoms with Crippen molar-refractivity contribution >= 4 is 27.8 Å². The minimum absolute atomic E-state index is 0.0234. The molecule has 1 heterocycles. The molecule has 2 rings (SSSR count). The number of methoxy groups -OCH3 is 1. The average molecular weight is 360 g/mol. The molecule has 0 aromatic heterocycles. The molecule has 0 N–H and O–H groups in total. The Hall–Kier alpha value is -1.63. The van der Waals surface area contributed by atoms with Crippen LogP contribution in [-0.4, -0.2) is 43.6 Å². The first-order valence-electron chi connectivity index (χ1n) is 6.44. The van der Waals surface area contributed by atoms with E-state index >= 15 is 0 Å². The molecule has 1 saturated heterocycles. The predicted molar refractivity (Wildman–Crippen MR) is 76.3 cm³/mol. The maximum Gasteiger partial charge on any atom is 0.310 e. The van der Waals surface area contributed by atoms with Crippen LogP contribution in [0.25, 0.3) is 0 Å². The first kappa shape index (κ1) is 15.8. The SMILES string of the molecule is COC(=O)C1CCN(C(=O)COc2ccc(Br)cc2F)C1. The lowest BCUT2D eigenvalue weighted by atomic mass is 10.1. The molecule has 7 heteroatoms. The summed E-state index contributed by atoms with van der Waals surface area (Å²) in [6.45, 7) is 0.537. The summed E-state index contributed by atoms with van der Waals surface area (Å²) >= 11 is 3.14. The summed E-state index contributed by atoms with van der Waals surface area (Å²) in [5.74, 6) is -1.39. The Morgan fingerprint density at radius 2 is 2.24 bits per heavy atom. The van der Waals surface area contributed by atoms with Gasteiger partial charge in [0.1, 0.15) is 0 Å².